The predicted octanol–water partition coefficient (Wildman–Crippen LogP) is 4.94. The van der Waals surface area contributed by atoms with Crippen molar-refractivity contribution < 1.29 is 9.59 Å². The number of allylic oxidation sites excluding steroid dienone is 1. The quantitative estimate of drug-likeness (QED) is 0.205. The molecule has 1 unspecified atom stereocenters. The Balaban J connectivity index is 1.33. The summed E-state index contributed by atoms with van der Waals surface area (Å²) in [5.41, 5.74) is 3.26. The Hall–Kier alpha value is -4.27. The molecule has 1 aliphatic heterocycles. The molecule has 11 heteroatoms. The van der Waals surface area contributed by atoms with Gasteiger partial charge in [0.15, 0.2) is 0 Å². The van der Waals surface area contributed by atoms with Crippen LogP contribution in [0.25, 0.3) is 16.0 Å². The maximum Gasteiger partial charge on any atom is 0.290 e. The van der Waals surface area contributed by atoms with Crippen molar-refractivity contribution in [2.75, 3.05) is 13.1 Å². The lowest BCUT2D eigenvalue weighted by molar-refractivity contribution is -0.127. The second-order valence-corrected chi connectivity index (χ2v) is 13.9. The van der Waals surface area contributed by atoms with Crippen molar-refractivity contribution in [1.29, 1.82) is 5.26 Å². The number of nitrogens with one attached hydrogen (secondary N) is 2. The number of thiophene rings is 1. The number of likely N-dealkylation sites (tertiary alicyclic amines) is 1. The maximum atomic E-state index is 13.5. The number of rotatable bonds is 9. The molecule has 228 valence electrons. The summed E-state index contributed by atoms with van der Waals surface area (Å²) < 4.78 is 3.73. The molecule has 10 nitrogen and oxygen atoms in total. The fourth-order valence-corrected chi connectivity index (χ4v) is 6.53. The average molecular weight is 611 g/mol. The minimum Gasteiger partial charge on any atom is -0.333 e. The summed E-state index contributed by atoms with van der Waals surface area (Å²) in [5.74, 6) is 0.207. The monoisotopic (exact) mass is 610 g/mol. The normalized spacial score (nSPS) is 17.9. The Kier molecular flexibility index (Phi) is 8.38. The van der Waals surface area contributed by atoms with Gasteiger partial charge in [-0.2, -0.15) is 15.4 Å². The van der Waals surface area contributed by atoms with Crippen molar-refractivity contribution in [3.63, 3.8) is 0 Å². The summed E-state index contributed by atoms with van der Waals surface area (Å²) in [5, 5.41) is 18.4. The average Bonchev–Trinajstić information content (AvgIpc) is 3.44. The van der Waals surface area contributed by atoms with Crippen molar-refractivity contribution in [3.8, 4) is 11.1 Å². The first kappa shape index (κ1) is 29.8. The van der Waals surface area contributed by atoms with Crippen LogP contribution in [0.5, 0.6) is 0 Å². The number of hydrogen-bond donors (Lipinski definition) is 2. The number of carbonyl (C=O) groups excluding carboxylic acids is 2. The second kappa shape index (κ2) is 12.4. The fraction of sp³-hybridized carbons (Fsp3) is 0.424. The summed E-state index contributed by atoms with van der Waals surface area (Å²) in [4.78, 5) is 37.2. The third-order valence-electron chi connectivity index (χ3n) is 8.01. The molecule has 0 spiro atoms. The molecule has 4 aromatic rings. The number of fused-ring (bicyclic) bond motifs is 1. The van der Waals surface area contributed by atoms with Crippen LogP contribution < -0.4 is 10.9 Å². The minimum atomic E-state index is -0.348. The molecule has 0 radical (unpaired) electrons. The Morgan fingerprint density at radius 3 is 2.80 bits per heavy atom. The van der Waals surface area contributed by atoms with E-state index in [9.17, 15) is 14.9 Å². The molecular weight excluding hydrogens is 572 g/mol. The van der Waals surface area contributed by atoms with Crippen LogP contribution in [0.15, 0.2) is 65.4 Å². The summed E-state index contributed by atoms with van der Waals surface area (Å²) in [6, 6.07) is 13.7. The number of aromatic amines is 1. The number of nitrogens with zero attached hydrogens (tertiary/aromatic N) is 6. The highest BCUT2D eigenvalue weighted by Gasteiger charge is 2.32. The third kappa shape index (κ3) is 6.77. The lowest BCUT2D eigenvalue weighted by atomic mass is 9.93. The van der Waals surface area contributed by atoms with E-state index in [1.807, 2.05) is 48.6 Å². The molecule has 6 rings (SSSR count). The van der Waals surface area contributed by atoms with Crippen LogP contribution in [0.3, 0.4) is 0 Å². The maximum absolute atomic E-state index is 13.5. The summed E-state index contributed by atoms with van der Waals surface area (Å²) >= 11 is 1.33. The van der Waals surface area contributed by atoms with E-state index in [1.54, 1.807) is 23.0 Å². The van der Waals surface area contributed by atoms with Crippen LogP contribution in [0.1, 0.15) is 61.7 Å². The molecule has 2 aliphatic rings. The van der Waals surface area contributed by atoms with Crippen LogP contribution >= 0.6 is 11.3 Å². The highest BCUT2D eigenvalue weighted by atomic mass is 32.1. The highest BCUT2D eigenvalue weighted by molar-refractivity contribution is 7.16. The molecule has 44 heavy (non-hydrogen) atoms. The highest BCUT2D eigenvalue weighted by Crippen LogP contribution is 2.28. The predicted molar refractivity (Wildman–Crippen MR) is 170 cm³/mol. The summed E-state index contributed by atoms with van der Waals surface area (Å²) in [6.07, 6.45) is 9.54. The van der Waals surface area contributed by atoms with Gasteiger partial charge in [0.2, 0.25) is 5.62 Å². The topological polar surface area (TPSA) is 124 Å². The van der Waals surface area contributed by atoms with Gasteiger partial charge in [-0.1, -0.05) is 32.9 Å². The molecular formula is C33H38N8O2S. The lowest BCUT2D eigenvalue weighted by Gasteiger charge is -2.26. The van der Waals surface area contributed by atoms with E-state index in [2.05, 4.69) is 44.7 Å². The van der Waals surface area contributed by atoms with E-state index in [1.165, 1.54) is 24.2 Å². The van der Waals surface area contributed by atoms with E-state index in [-0.39, 0.29) is 28.8 Å². The van der Waals surface area contributed by atoms with E-state index in [0.29, 0.717) is 23.6 Å². The number of carbonyl (C=O) groups is 2. The van der Waals surface area contributed by atoms with Gasteiger partial charge in [-0.15, -0.1) is 11.3 Å². The largest absolute Gasteiger partial charge is 0.333 e. The van der Waals surface area contributed by atoms with E-state index in [4.69, 9.17) is 0 Å². The number of benzene rings is 1. The van der Waals surface area contributed by atoms with Crippen molar-refractivity contribution in [2.24, 2.45) is 16.3 Å². The zero-order valence-electron chi connectivity index (χ0n) is 25.4. The van der Waals surface area contributed by atoms with Gasteiger partial charge in [-0.25, -0.2) is 4.68 Å². The third-order valence-corrected chi connectivity index (χ3v) is 9.08. The van der Waals surface area contributed by atoms with Gasteiger partial charge in [-0.3, -0.25) is 9.59 Å². The van der Waals surface area contributed by atoms with Gasteiger partial charge in [-0.05, 0) is 79.5 Å². The molecule has 0 bridgehead atoms. The Morgan fingerprint density at radius 2 is 2.07 bits per heavy atom. The van der Waals surface area contributed by atoms with Crippen molar-refractivity contribution in [3.05, 3.63) is 76.5 Å². The lowest BCUT2D eigenvalue weighted by Crippen LogP contribution is -2.40. The van der Waals surface area contributed by atoms with E-state index >= 15 is 0 Å². The molecule has 2 fully saturated rings. The number of amides is 2. The van der Waals surface area contributed by atoms with Crippen LogP contribution in [0.2, 0.25) is 0 Å². The molecule has 1 saturated carbocycles. The zero-order chi connectivity index (χ0) is 30.8. The standard InChI is InChI=1S/C33H38N8O2S/c1-33(2,3)17-24(18-34)31(43)39-14-4-6-25(39)21-40-27-10-9-23(20-35-19-22-7-8-22)16-26(27)37-32(40)38-30(42)28-11-12-29(44-28)41-15-5-13-36-41/h5,9-13,15-17,22,25,35H,4,6-8,14,19-21H2,1-3H3,(H,37,38,42). The minimum absolute atomic E-state index is 0.139. The molecule has 3 aromatic heterocycles. The second-order valence-electron chi connectivity index (χ2n) is 12.8. The molecule has 4 heterocycles. The first-order valence-electron chi connectivity index (χ1n) is 15.2. The van der Waals surface area contributed by atoms with Gasteiger partial charge in [0.1, 0.15) is 16.6 Å². The van der Waals surface area contributed by atoms with Crippen LogP contribution in [0, 0.1) is 22.7 Å². The fourth-order valence-electron chi connectivity index (χ4n) is 5.70. The number of hydrogen-bond acceptors (Lipinski definition) is 6. The number of imidazole rings is 1. The van der Waals surface area contributed by atoms with Crippen LogP contribution in [0.4, 0.5) is 0 Å². The van der Waals surface area contributed by atoms with E-state index < -0.39 is 0 Å². The molecule has 1 saturated heterocycles. The Morgan fingerprint density at radius 1 is 1.23 bits per heavy atom. The number of aromatic nitrogens is 4. The van der Waals surface area contributed by atoms with Crippen LogP contribution in [-0.4, -0.2) is 55.2 Å². The zero-order valence-corrected chi connectivity index (χ0v) is 26.2. The molecule has 1 atom stereocenters. The first-order valence-corrected chi connectivity index (χ1v) is 16.0. The van der Waals surface area contributed by atoms with Crippen molar-refractivity contribution in [2.45, 2.75) is 65.6 Å². The van der Waals surface area contributed by atoms with Crippen molar-refractivity contribution >= 4 is 34.2 Å². The van der Waals surface area contributed by atoms with Crippen LogP contribution in [-0.2, 0) is 17.9 Å². The van der Waals surface area contributed by atoms with Gasteiger partial charge in [0.25, 0.3) is 11.8 Å². The summed E-state index contributed by atoms with van der Waals surface area (Å²) in [6.45, 7) is 8.77. The molecule has 1 aromatic carbocycles. The first-order chi connectivity index (χ1) is 21.2. The van der Waals surface area contributed by atoms with Crippen molar-refractivity contribution in [1.82, 2.24) is 29.5 Å². The smallest absolute Gasteiger partial charge is 0.290 e. The van der Waals surface area contributed by atoms with Gasteiger partial charge in [0, 0.05) is 32.0 Å². The SMILES string of the molecule is CC(C)(C)C=C(C#N)C(=O)N1CCCC1Cn1c(=NC(=O)c2ccc(-n3cccn3)s2)[nH]c2cc(CNCC3CC3)ccc21. The molecule has 2 amide bonds. The Bertz CT molecular complexity index is 1810. The summed E-state index contributed by atoms with van der Waals surface area (Å²) in [7, 11) is 0. The Labute approximate surface area is 260 Å². The molecule has 1 aliphatic carbocycles. The van der Waals surface area contributed by atoms with Gasteiger partial charge >= 0.3 is 0 Å². The van der Waals surface area contributed by atoms with E-state index in [0.717, 1.165) is 53.4 Å². The number of nitriles is 1. The van der Waals surface area contributed by atoms with Gasteiger partial charge in [0.05, 0.1) is 22.0 Å². The molecule has 2 N–H and O–H groups in total. The number of H-pyrrole nitrogens is 1. The van der Waals surface area contributed by atoms with Gasteiger partial charge < -0.3 is 19.8 Å².